The average Bonchev–Trinajstić information content (AvgIpc) is 3.20. The molecule has 0 spiro atoms. The van der Waals surface area contributed by atoms with Gasteiger partial charge in [-0.25, -0.2) is 5.01 Å². The molecule has 3 aromatic rings. The number of ether oxygens (including phenoxy) is 2. The Morgan fingerprint density at radius 3 is 2.86 bits per heavy atom. The van der Waals surface area contributed by atoms with E-state index in [1.165, 1.54) is 0 Å². The Morgan fingerprint density at radius 2 is 2.07 bits per heavy atom. The van der Waals surface area contributed by atoms with E-state index >= 15 is 0 Å². The summed E-state index contributed by atoms with van der Waals surface area (Å²) in [6.07, 6.45) is 3.76. The molecule has 3 heterocycles. The van der Waals surface area contributed by atoms with Crippen molar-refractivity contribution in [1.29, 1.82) is 0 Å². The van der Waals surface area contributed by atoms with E-state index in [2.05, 4.69) is 4.98 Å². The van der Waals surface area contributed by atoms with Gasteiger partial charge in [-0.3, -0.25) is 4.98 Å². The number of hydrogen-bond donors (Lipinski definition) is 1. The Kier molecular flexibility index (Phi) is 4.12. The van der Waals surface area contributed by atoms with Gasteiger partial charge in [-0.05, 0) is 31.2 Å². The molecule has 5 rings (SSSR count). The van der Waals surface area contributed by atoms with Gasteiger partial charge in [0.05, 0.1) is 18.9 Å². The number of methoxy groups -OCH3 is 1. The van der Waals surface area contributed by atoms with E-state index in [4.69, 9.17) is 14.6 Å². The van der Waals surface area contributed by atoms with Gasteiger partial charge < -0.3 is 14.6 Å². The molecule has 29 heavy (non-hydrogen) atoms. The molecule has 0 bridgehead atoms. The summed E-state index contributed by atoms with van der Waals surface area (Å²) in [6.45, 7) is 2.01. The number of fused-ring (bicyclic) bond motifs is 3. The van der Waals surface area contributed by atoms with Gasteiger partial charge >= 0.3 is 0 Å². The molecule has 2 atom stereocenters. The number of phenols is 1. The number of phenolic OH excluding ortho intramolecular Hbond substituents is 1. The molecule has 2 aliphatic rings. The third-order valence-corrected chi connectivity index (χ3v) is 5.43. The van der Waals surface area contributed by atoms with Gasteiger partial charge in [0.2, 0.25) is 6.23 Å². The number of hydrazone groups is 1. The van der Waals surface area contributed by atoms with Crippen molar-refractivity contribution in [3.05, 3.63) is 83.2 Å². The van der Waals surface area contributed by atoms with Crippen LogP contribution in [-0.4, -0.2) is 27.9 Å². The molecule has 6 heteroatoms. The Bertz CT molecular complexity index is 1100. The van der Waals surface area contributed by atoms with Crippen LogP contribution >= 0.6 is 0 Å². The minimum Gasteiger partial charge on any atom is -0.507 e. The fraction of sp³-hybridized carbons (Fsp3) is 0.217. The van der Waals surface area contributed by atoms with Gasteiger partial charge in [-0.2, -0.15) is 5.10 Å². The van der Waals surface area contributed by atoms with Gasteiger partial charge in [-0.15, -0.1) is 0 Å². The van der Waals surface area contributed by atoms with Crippen LogP contribution in [0, 0.1) is 6.92 Å². The van der Waals surface area contributed by atoms with Crippen LogP contribution in [0.15, 0.2) is 66.0 Å². The Balaban J connectivity index is 1.64. The number of hydrogen-bond acceptors (Lipinski definition) is 6. The topological polar surface area (TPSA) is 67.2 Å². The zero-order chi connectivity index (χ0) is 20.0. The molecule has 1 N–H and O–H groups in total. The van der Waals surface area contributed by atoms with E-state index in [0.29, 0.717) is 12.2 Å². The summed E-state index contributed by atoms with van der Waals surface area (Å²) in [6, 6.07) is 15.3. The van der Waals surface area contributed by atoms with Crippen molar-refractivity contribution < 1.29 is 14.6 Å². The highest BCUT2D eigenvalue weighted by Crippen LogP contribution is 2.50. The quantitative estimate of drug-likeness (QED) is 0.724. The van der Waals surface area contributed by atoms with Crippen LogP contribution in [-0.2, 0) is 0 Å². The molecule has 0 aliphatic carbocycles. The number of nitrogens with zero attached hydrogens (tertiary/aromatic N) is 3. The maximum absolute atomic E-state index is 10.4. The lowest BCUT2D eigenvalue weighted by molar-refractivity contribution is -0.0211. The molecule has 1 aromatic heterocycles. The normalized spacial score (nSPS) is 19.8. The van der Waals surface area contributed by atoms with E-state index in [9.17, 15) is 5.11 Å². The standard InChI is InChI=1S/C23H21N3O3/c1-14-8-9-20(27)17(11-14)18-12-19-16-6-3-7-21(28-2)22(16)29-23(26(19)25-18)15-5-4-10-24-13-15/h3-11,13,19,23,27H,12H2,1-2H3/t19-,23+/m0/s1. The lowest BCUT2D eigenvalue weighted by Crippen LogP contribution is -2.33. The number of para-hydroxylation sites is 1. The summed E-state index contributed by atoms with van der Waals surface area (Å²) in [4.78, 5) is 4.25. The second-order valence-electron chi connectivity index (χ2n) is 7.30. The predicted molar refractivity (Wildman–Crippen MR) is 109 cm³/mol. The van der Waals surface area contributed by atoms with Crippen molar-refractivity contribution in [2.45, 2.75) is 25.6 Å². The van der Waals surface area contributed by atoms with Gasteiger partial charge in [0, 0.05) is 35.5 Å². The van der Waals surface area contributed by atoms with Crippen LogP contribution in [0.25, 0.3) is 0 Å². The van der Waals surface area contributed by atoms with Crippen LogP contribution in [0.1, 0.15) is 40.9 Å². The lowest BCUT2D eigenvalue weighted by atomic mass is 9.95. The molecule has 0 fully saturated rings. The van der Waals surface area contributed by atoms with Crippen molar-refractivity contribution in [1.82, 2.24) is 9.99 Å². The minimum atomic E-state index is -0.429. The minimum absolute atomic E-state index is 0.0195. The highest BCUT2D eigenvalue weighted by molar-refractivity contribution is 6.04. The zero-order valence-corrected chi connectivity index (χ0v) is 16.2. The highest BCUT2D eigenvalue weighted by Gasteiger charge is 2.42. The van der Waals surface area contributed by atoms with E-state index in [-0.39, 0.29) is 11.8 Å². The number of aryl methyl sites for hydroxylation is 1. The molecule has 0 unspecified atom stereocenters. The summed E-state index contributed by atoms with van der Waals surface area (Å²) in [7, 11) is 1.64. The van der Waals surface area contributed by atoms with Crippen molar-refractivity contribution in [2.24, 2.45) is 5.10 Å². The summed E-state index contributed by atoms with van der Waals surface area (Å²) in [5.74, 6) is 1.66. The van der Waals surface area contributed by atoms with Crippen LogP contribution in [0.4, 0.5) is 0 Å². The number of benzene rings is 2. The molecule has 2 aliphatic heterocycles. The zero-order valence-electron chi connectivity index (χ0n) is 16.2. The van der Waals surface area contributed by atoms with Crippen molar-refractivity contribution in [3.63, 3.8) is 0 Å². The number of aromatic nitrogens is 1. The monoisotopic (exact) mass is 387 g/mol. The molecule has 0 saturated heterocycles. The van der Waals surface area contributed by atoms with Gasteiger partial charge in [0.15, 0.2) is 11.5 Å². The first-order chi connectivity index (χ1) is 14.2. The first-order valence-electron chi connectivity index (χ1n) is 9.55. The van der Waals surface area contributed by atoms with Gasteiger partial charge in [0.1, 0.15) is 5.75 Å². The molecule has 6 nitrogen and oxygen atoms in total. The lowest BCUT2D eigenvalue weighted by Gasteiger charge is -2.38. The maximum Gasteiger partial charge on any atom is 0.215 e. The summed E-state index contributed by atoms with van der Waals surface area (Å²) in [5.41, 5.74) is 4.61. The molecule has 0 radical (unpaired) electrons. The van der Waals surface area contributed by atoms with Crippen molar-refractivity contribution in [2.75, 3.05) is 7.11 Å². The van der Waals surface area contributed by atoms with Crippen LogP contribution in [0.3, 0.4) is 0 Å². The summed E-state index contributed by atoms with van der Waals surface area (Å²) in [5, 5.41) is 17.3. The third kappa shape index (κ3) is 2.88. The fourth-order valence-corrected chi connectivity index (χ4v) is 4.03. The fourth-order valence-electron chi connectivity index (χ4n) is 4.03. The number of rotatable bonds is 3. The molecule has 0 saturated carbocycles. The molecule has 0 amide bonds. The first-order valence-corrected chi connectivity index (χ1v) is 9.55. The smallest absolute Gasteiger partial charge is 0.215 e. The molecule has 2 aromatic carbocycles. The van der Waals surface area contributed by atoms with Crippen molar-refractivity contribution >= 4 is 5.71 Å². The van der Waals surface area contributed by atoms with E-state index in [1.54, 1.807) is 25.6 Å². The summed E-state index contributed by atoms with van der Waals surface area (Å²) < 4.78 is 11.9. The largest absolute Gasteiger partial charge is 0.507 e. The average molecular weight is 387 g/mol. The van der Waals surface area contributed by atoms with Gasteiger partial charge in [-0.1, -0.05) is 29.8 Å². The SMILES string of the molecule is COc1cccc2c1O[C@H](c1cccnc1)N1N=C(c3cc(C)ccc3O)C[C@@H]21. The Morgan fingerprint density at radius 1 is 1.17 bits per heavy atom. The second kappa shape index (κ2) is 6.81. The molecular weight excluding hydrogens is 366 g/mol. The van der Waals surface area contributed by atoms with Gasteiger partial charge in [0.25, 0.3) is 0 Å². The first kappa shape index (κ1) is 17.6. The van der Waals surface area contributed by atoms with E-state index in [1.807, 2.05) is 54.4 Å². The number of pyridine rings is 1. The number of aromatic hydroxyl groups is 1. The molecule has 146 valence electrons. The van der Waals surface area contributed by atoms with E-state index in [0.717, 1.165) is 33.7 Å². The second-order valence-corrected chi connectivity index (χ2v) is 7.30. The van der Waals surface area contributed by atoms with Crippen LogP contribution in [0.5, 0.6) is 17.2 Å². The highest BCUT2D eigenvalue weighted by atomic mass is 16.5. The van der Waals surface area contributed by atoms with Crippen LogP contribution < -0.4 is 9.47 Å². The predicted octanol–water partition coefficient (Wildman–Crippen LogP) is 4.35. The Hall–Kier alpha value is -3.54. The van der Waals surface area contributed by atoms with Crippen LogP contribution in [0.2, 0.25) is 0 Å². The Labute approximate surface area is 169 Å². The van der Waals surface area contributed by atoms with E-state index < -0.39 is 6.23 Å². The summed E-state index contributed by atoms with van der Waals surface area (Å²) >= 11 is 0. The maximum atomic E-state index is 10.4. The molecular formula is C23H21N3O3. The van der Waals surface area contributed by atoms with Crippen molar-refractivity contribution in [3.8, 4) is 17.2 Å². The third-order valence-electron chi connectivity index (χ3n) is 5.43.